The van der Waals surface area contributed by atoms with Crippen LogP contribution >= 0.6 is 0 Å². The Labute approximate surface area is 113 Å². The summed E-state index contributed by atoms with van der Waals surface area (Å²) < 4.78 is 1.79. The Morgan fingerprint density at radius 1 is 1.26 bits per heavy atom. The second-order valence-electron chi connectivity index (χ2n) is 4.93. The van der Waals surface area contributed by atoms with Crippen LogP contribution in [0.25, 0.3) is 5.52 Å². The minimum Gasteiger partial charge on any atom is -0.394 e. The topological polar surface area (TPSA) is 71.8 Å². The van der Waals surface area contributed by atoms with Gasteiger partial charge in [-0.15, -0.1) is 5.10 Å². The number of nitrogens with one attached hydrogen (secondary N) is 3. The summed E-state index contributed by atoms with van der Waals surface area (Å²) >= 11 is 0. The van der Waals surface area contributed by atoms with Gasteiger partial charge >= 0.3 is 0 Å². The normalized spacial score (nSPS) is 11.3. The lowest BCUT2D eigenvalue weighted by molar-refractivity contribution is -0.856. The molecule has 19 heavy (non-hydrogen) atoms. The van der Waals surface area contributed by atoms with E-state index in [9.17, 15) is 0 Å². The summed E-state index contributed by atoms with van der Waals surface area (Å²) in [6.45, 7) is 3.86. The summed E-state index contributed by atoms with van der Waals surface area (Å²) in [4.78, 5) is 1.45. The SMILES string of the molecule is C[NH+](C)CCNCCNc1nn2ccccc2c1N. The number of nitrogens with zero attached hydrogens (tertiary/aromatic N) is 2. The van der Waals surface area contributed by atoms with Crippen LogP contribution in [0.3, 0.4) is 0 Å². The number of hydrogen-bond acceptors (Lipinski definition) is 4. The van der Waals surface area contributed by atoms with Gasteiger partial charge in [0.15, 0.2) is 5.82 Å². The third-order valence-corrected chi connectivity index (χ3v) is 2.97. The van der Waals surface area contributed by atoms with E-state index in [0.717, 1.165) is 37.5 Å². The molecule has 0 saturated carbocycles. The van der Waals surface area contributed by atoms with E-state index >= 15 is 0 Å². The molecule has 0 aliphatic carbocycles. The average molecular weight is 263 g/mol. The molecule has 0 aliphatic heterocycles. The first-order valence-corrected chi connectivity index (χ1v) is 6.65. The maximum absolute atomic E-state index is 6.05. The van der Waals surface area contributed by atoms with Gasteiger partial charge in [0, 0.05) is 25.8 Å². The van der Waals surface area contributed by atoms with E-state index < -0.39 is 0 Å². The van der Waals surface area contributed by atoms with Gasteiger partial charge in [0.1, 0.15) is 5.69 Å². The molecule has 2 aromatic heterocycles. The van der Waals surface area contributed by atoms with Gasteiger partial charge in [0.25, 0.3) is 0 Å². The number of nitrogen functional groups attached to an aromatic ring is 1. The van der Waals surface area contributed by atoms with Crippen molar-refractivity contribution >= 4 is 17.0 Å². The van der Waals surface area contributed by atoms with Crippen molar-refractivity contribution in [2.75, 3.05) is 51.3 Å². The summed E-state index contributed by atoms with van der Waals surface area (Å²) in [6.07, 6.45) is 1.90. The minimum atomic E-state index is 0.707. The van der Waals surface area contributed by atoms with E-state index in [2.05, 4.69) is 29.8 Å². The van der Waals surface area contributed by atoms with Gasteiger partial charge in [-0.05, 0) is 12.1 Å². The average Bonchev–Trinajstić information content (AvgIpc) is 2.71. The lowest BCUT2D eigenvalue weighted by Gasteiger charge is -2.08. The first-order valence-electron chi connectivity index (χ1n) is 6.65. The zero-order valence-electron chi connectivity index (χ0n) is 11.6. The lowest BCUT2D eigenvalue weighted by atomic mass is 10.3. The number of hydrogen-bond donors (Lipinski definition) is 4. The van der Waals surface area contributed by atoms with E-state index in [1.165, 1.54) is 4.90 Å². The maximum atomic E-state index is 6.05. The van der Waals surface area contributed by atoms with Crippen molar-refractivity contribution in [2.45, 2.75) is 0 Å². The van der Waals surface area contributed by atoms with Crippen molar-refractivity contribution in [2.24, 2.45) is 0 Å². The van der Waals surface area contributed by atoms with Crippen LogP contribution in [-0.2, 0) is 0 Å². The van der Waals surface area contributed by atoms with Gasteiger partial charge in [-0.2, -0.15) is 0 Å². The van der Waals surface area contributed by atoms with Crippen LogP contribution in [0.15, 0.2) is 24.4 Å². The molecule has 0 radical (unpaired) electrons. The molecule has 104 valence electrons. The highest BCUT2D eigenvalue weighted by atomic mass is 15.3. The van der Waals surface area contributed by atoms with Crippen LogP contribution in [0.4, 0.5) is 11.5 Å². The van der Waals surface area contributed by atoms with Crippen LogP contribution in [0.1, 0.15) is 0 Å². The van der Waals surface area contributed by atoms with Crippen LogP contribution < -0.4 is 21.3 Å². The van der Waals surface area contributed by atoms with Crippen molar-refractivity contribution in [1.82, 2.24) is 14.9 Å². The van der Waals surface area contributed by atoms with Crippen molar-refractivity contribution in [3.8, 4) is 0 Å². The molecule has 2 heterocycles. The predicted molar refractivity (Wildman–Crippen MR) is 78.6 cm³/mol. The number of aromatic nitrogens is 2. The molecule has 2 aromatic rings. The van der Waals surface area contributed by atoms with Gasteiger partial charge in [-0.25, -0.2) is 4.52 Å². The smallest absolute Gasteiger partial charge is 0.172 e. The van der Waals surface area contributed by atoms with Crippen LogP contribution in [0.2, 0.25) is 0 Å². The molecule has 6 heteroatoms. The first kappa shape index (κ1) is 13.6. The highest BCUT2D eigenvalue weighted by Crippen LogP contribution is 2.21. The molecule has 0 saturated heterocycles. The van der Waals surface area contributed by atoms with Gasteiger partial charge < -0.3 is 21.3 Å². The molecule has 0 spiro atoms. The molecule has 0 aliphatic rings. The monoisotopic (exact) mass is 263 g/mol. The number of fused-ring (bicyclic) bond motifs is 1. The quantitative estimate of drug-likeness (QED) is 0.487. The standard InChI is InChI=1S/C13H22N6/c1-18(2)10-8-15-6-7-16-13-12(14)11-5-3-4-9-19(11)17-13/h3-5,9,15H,6-8,10,14H2,1-2H3,(H,16,17)/p+1. The Bertz CT molecular complexity index is 519. The predicted octanol–water partition coefficient (Wildman–Crippen LogP) is -0.937. The van der Waals surface area contributed by atoms with E-state index in [1.54, 1.807) is 4.52 Å². The Kier molecular flexibility index (Phi) is 4.59. The number of likely N-dealkylation sites (N-methyl/N-ethyl adjacent to an activating group) is 1. The zero-order valence-corrected chi connectivity index (χ0v) is 11.6. The molecule has 0 atom stereocenters. The maximum Gasteiger partial charge on any atom is 0.172 e. The summed E-state index contributed by atoms with van der Waals surface area (Å²) in [6, 6.07) is 5.86. The Morgan fingerprint density at radius 2 is 2.11 bits per heavy atom. The highest BCUT2D eigenvalue weighted by Gasteiger charge is 2.07. The molecular weight excluding hydrogens is 240 g/mol. The molecular formula is C13H23N6+. The number of anilines is 2. The molecule has 2 rings (SSSR count). The van der Waals surface area contributed by atoms with Crippen LogP contribution in [0.5, 0.6) is 0 Å². The number of rotatable bonds is 7. The highest BCUT2D eigenvalue weighted by molar-refractivity contribution is 5.80. The van der Waals surface area contributed by atoms with Gasteiger partial charge in [0.2, 0.25) is 0 Å². The van der Waals surface area contributed by atoms with E-state index in [1.807, 2.05) is 24.4 Å². The number of pyridine rings is 1. The van der Waals surface area contributed by atoms with E-state index in [-0.39, 0.29) is 0 Å². The van der Waals surface area contributed by atoms with Crippen molar-refractivity contribution < 1.29 is 4.90 Å². The number of nitrogens with two attached hydrogens (primary N) is 1. The fourth-order valence-corrected chi connectivity index (χ4v) is 1.88. The fourth-order valence-electron chi connectivity index (χ4n) is 1.88. The third-order valence-electron chi connectivity index (χ3n) is 2.97. The first-order chi connectivity index (χ1) is 9.18. The summed E-state index contributed by atoms with van der Waals surface area (Å²) in [5.74, 6) is 0.756. The second kappa shape index (κ2) is 6.40. The fraction of sp³-hybridized carbons (Fsp3) is 0.462. The molecule has 0 fully saturated rings. The lowest BCUT2D eigenvalue weighted by Crippen LogP contribution is -3.06. The third kappa shape index (κ3) is 3.59. The largest absolute Gasteiger partial charge is 0.394 e. The Morgan fingerprint density at radius 3 is 2.84 bits per heavy atom. The molecule has 0 bridgehead atoms. The van der Waals surface area contributed by atoms with Gasteiger partial charge in [0.05, 0.1) is 26.2 Å². The van der Waals surface area contributed by atoms with Crippen molar-refractivity contribution in [3.63, 3.8) is 0 Å². The number of quaternary nitrogens is 1. The molecule has 0 aromatic carbocycles. The van der Waals surface area contributed by atoms with Crippen LogP contribution in [0, 0.1) is 0 Å². The molecule has 0 unspecified atom stereocenters. The zero-order chi connectivity index (χ0) is 13.7. The molecule has 5 N–H and O–H groups in total. The van der Waals surface area contributed by atoms with Crippen LogP contribution in [-0.4, -0.2) is 49.9 Å². The summed E-state index contributed by atoms with van der Waals surface area (Å²) in [7, 11) is 4.30. The van der Waals surface area contributed by atoms with Gasteiger partial charge in [-0.3, -0.25) is 0 Å². The summed E-state index contributed by atoms with van der Waals surface area (Å²) in [5, 5.41) is 11.1. The Balaban J connectivity index is 1.80. The molecule has 6 nitrogen and oxygen atoms in total. The second-order valence-corrected chi connectivity index (χ2v) is 4.93. The van der Waals surface area contributed by atoms with E-state index in [4.69, 9.17) is 5.73 Å². The van der Waals surface area contributed by atoms with E-state index in [0.29, 0.717) is 5.69 Å². The minimum absolute atomic E-state index is 0.707. The molecule has 0 amide bonds. The summed E-state index contributed by atoms with van der Waals surface area (Å²) in [5.41, 5.74) is 7.70. The van der Waals surface area contributed by atoms with Gasteiger partial charge in [-0.1, -0.05) is 6.07 Å². The Hall–Kier alpha value is -1.79. The van der Waals surface area contributed by atoms with Crippen molar-refractivity contribution in [3.05, 3.63) is 24.4 Å². The van der Waals surface area contributed by atoms with Crippen molar-refractivity contribution in [1.29, 1.82) is 0 Å².